The normalized spacial score (nSPS) is 14.0. The molecule has 0 fully saturated rings. The number of benzene rings is 1. The number of aliphatic hydroxyl groups excluding tert-OH is 1. The fourth-order valence-corrected chi connectivity index (χ4v) is 1.28. The van der Waals surface area contributed by atoms with Crippen LogP contribution in [-0.4, -0.2) is 10.2 Å². The Bertz CT molecular complexity index is 329. The second-order valence-corrected chi connectivity index (χ2v) is 4.55. The summed E-state index contributed by atoms with van der Waals surface area (Å²) in [5.74, 6) is 0.0193. The average molecular weight is 195 g/mol. The molecule has 0 heterocycles. The van der Waals surface area contributed by atoms with Crippen molar-refractivity contribution in [3.8, 4) is 5.75 Å². The molecule has 0 aromatic heterocycles. The van der Waals surface area contributed by atoms with Gasteiger partial charge < -0.3 is 15.9 Å². The number of hydrogen-bond donors (Lipinski definition) is 3. The third kappa shape index (κ3) is 1.99. The molecular weight excluding hydrogens is 178 g/mol. The number of phenolic OH excluding ortho intramolecular Hbond substituents is 1. The van der Waals surface area contributed by atoms with Crippen LogP contribution >= 0.6 is 0 Å². The van der Waals surface area contributed by atoms with Gasteiger partial charge in [-0.25, -0.2) is 0 Å². The van der Waals surface area contributed by atoms with Gasteiger partial charge in [0.05, 0.1) is 11.8 Å². The lowest BCUT2D eigenvalue weighted by Crippen LogP contribution is -2.18. The molecule has 1 aromatic rings. The lowest BCUT2D eigenvalue weighted by atomic mass is 9.84. The Hall–Kier alpha value is -1.22. The quantitative estimate of drug-likeness (QED) is 0.474. The highest BCUT2D eigenvalue weighted by molar-refractivity contribution is 5.58. The molecule has 1 atom stereocenters. The molecule has 4 N–H and O–H groups in total. The zero-order valence-corrected chi connectivity index (χ0v) is 8.78. The Labute approximate surface area is 84.2 Å². The van der Waals surface area contributed by atoms with Crippen molar-refractivity contribution in [3.63, 3.8) is 0 Å². The van der Waals surface area contributed by atoms with Crippen molar-refractivity contribution in [1.82, 2.24) is 0 Å². The number of nitrogens with two attached hydrogens (primary N) is 1. The van der Waals surface area contributed by atoms with E-state index >= 15 is 0 Å². The molecule has 1 aromatic carbocycles. The van der Waals surface area contributed by atoms with E-state index in [9.17, 15) is 10.2 Å². The molecule has 3 nitrogen and oxygen atoms in total. The second kappa shape index (κ2) is 3.50. The summed E-state index contributed by atoms with van der Waals surface area (Å²) in [5, 5.41) is 19.3. The highest BCUT2D eigenvalue weighted by Crippen LogP contribution is 2.37. The summed E-state index contributed by atoms with van der Waals surface area (Å²) in [6.45, 7) is 5.75. The molecular formula is C11H17NO2. The van der Waals surface area contributed by atoms with Crippen LogP contribution in [0.15, 0.2) is 18.2 Å². The standard InChI is InChI=1S/C11H17NO2/c1-11(2,3)10(14)7-5-4-6-8(13)9(7)12/h4-6,10,13-14H,12H2,1-3H3. The fourth-order valence-electron chi connectivity index (χ4n) is 1.28. The van der Waals surface area contributed by atoms with Gasteiger partial charge in [-0.05, 0) is 11.5 Å². The van der Waals surface area contributed by atoms with E-state index < -0.39 is 6.10 Å². The molecule has 0 aliphatic carbocycles. The second-order valence-electron chi connectivity index (χ2n) is 4.55. The number of para-hydroxylation sites is 1. The third-order valence-corrected chi connectivity index (χ3v) is 2.23. The van der Waals surface area contributed by atoms with Crippen molar-refractivity contribution in [2.75, 3.05) is 5.73 Å². The number of hydrogen-bond acceptors (Lipinski definition) is 3. The molecule has 78 valence electrons. The summed E-state index contributed by atoms with van der Waals surface area (Å²) in [6, 6.07) is 4.91. The maximum absolute atomic E-state index is 9.97. The van der Waals surface area contributed by atoms with Crippen LogP contribution in [0.5, 0.6) is 5.75 Å². The van der Waals surface area contributed by atoms with Gasteiger partial charge in [0.15, 0.2) is 0 Å². The van der Waals surface area contributed by atoms with Crippen LogP contribution in [0.1, 0.15) is 32.4 Å². The Morgan fingerprint density at radius 3 is 2.36 bits per heavy atom. The smallest absolute Gasteiger partial charge is 0.138 e. The van der Waals surface area contributed by atoms with E-state index in [1.54, 1.807) is 12.1 Å². The number of nitrogen functional groups attached to an aromatic ring is 1. The van der Waals surface area contributed by atoms with Gasteiger partial charge in [-0.15, -0.1) is 0 Å². The van der Waals surface area contributed by atoms with Gasteiger partial charge in [-0.3, -0.25) is 0 Å². The summed E-state index contributed by atoms with van der Waals surface area (Å²) >= 11 is 0. The minimum atomic E-state index is -0.672. The highest BCUT2D eigenvalue weighted by Gasteiger charge is 2.26. The zero-order chi connectivity index (χ0) is 10.9. The lowest BCUT2D eigenvalue weighted by Gasteiger charge is -2.27. The van der Waals surface area contributed by atoms with E-state index in [1.165, 1.54) is 6.07 Å². The summed E-state index contributed by atoms with van der Waals surface area (Å²) in [6.07, 6.45) is -0.672. The van der Waals surface area contributed by atoms with Gasteiger partial charge in [0.2, 0.25) is 0 Å². The van der Waals surface area contributed by atoms with E-state index in [-0.39, 0.29) is 16.9 Å². The third-order valence-electron chi connectivity index (χ3n) is 2.23. The van der Waals surface area contributed by atoms with Crippen LogP contribution in [0.3, 0.4) is 0 Å². The molecule has 0 amide bonds. The Kier molecular flexibility index (Phi) is 2.71. The minimum absolute atomic E-state index is 0.0193. The summed E-state index contributed by atoms with van der Waals surface area (Å²) in [4.78, 5) is 0. The SMILES string of the molecule is CC(C)(C)C(O)c1cccc(O)c1N. The van der Waals surface area contributed by atoms with Crippen molar-refractivity contribution < 1.29 is 10.2 Å². The summed E-state index contributed by atoms with van der Waals surface area (Å²) in [5.41, 5.74) is 6.22. The maximum Gasteiger partial charge on any atom is 0.138 e. The molecule has 1 unspecified atom stereocenters. The van der Waals surface area contributed by atoms with Crippen LogP contribution < -0.4 is 5.73 Å². The number of anilines is 1. The van der Waals surface area contributed by atoms with Crippen molar-refractivity contribution in [2.24, 2.45) is 5.41 Å². The molecule has 0 saturated carbocycles. The van der Waals surface area contributed by atoms with E-state index in [1.807, 2.05) is 20.8 Å². The highest BCUT2D eigenvalue weighted by atomic mass is 16.3. The first-order valence-electron chi connectivity index (χ1n) is 4.59. The molecule has 3 heteroatoms. The number of aromatic hydroxyl groups is 1. The molecule has 0 aliphatic rings. The van der Waals surface area contributed by atoms with E-state index in [2.05, 4.69) is 0 Å². The first kappa shape index (κ1) is 10.9. The fraction of sp³-hybridized carbons (Fsp3) is 0.455. The first-order chi connectivity index (χ1) is 6.34. The molecule has 14 heavy (non-hydrogen) atoms. The van der Waals surface area contributed by atoms with Gasteiger partial charge in [0.1, 0.15) is 5.75 Å². The summed E-state index contributed by atoms with van der Waals surface area (Å²) < 4.78 is 0. The Morgan fingerprint density at radius 1 is 1.29 bits per heavy atom. The van der Waals surface area contributed by atoms with E-state index in [0.717, 1.165) is 0 Å². The molecule has 0 aliphatic heterocycles. The van der Waals surface area contributed by atoms with Gasteiger partial charge in [-0.2, -0.15) is 0 Å². The van der Waals surface area contributed by atoms with E-state index in [4.69, 9.17) is 5.73 Å². The number of phenols is 1. The molecule has 1 rings (SSSR count). The zero-order valence-electron chi connectivity index (χ0n) is 8.78. The molecule has 0 saturated heterocycles. The Balaban J connectivity index is 3.14. The number of aliphatic hydroxyl groups is 1. The molecule has 0 spiro atoms. The lowest BCUT2D eigenvalue weighted by molar-refractivity contribution is 0.0631. The Morgan fingerprint density at radius 2 is 1.86 bits per heavy atom. The average Bonchev–Trinajstić information content (AvgIpc) is 2.07. The molecule has 0 bridgehead atoms. The number of rotatable bonds is 1. The van der Waals surface area contributed by atoms with Gasteiger partial charge in [0.25, 0.3) is 0 Å². The van der Waals surface area contributed by atoms with Gasteiger partial charge >= 0.3 is 0 Å². The minimum Gasteiger partial charge on any atom is -0.506 e. The largest absolute Gasteiger partial charge is 0.506 e. The van der Waals surface area contributed by atoms with Crippen LogP contribution in [0.2, 0.25) is 0 Å². The monoisotopic (exact) mass is 195 g/mol. The predicted molar refractivity (Wildman–Crippen MR) is 56.9 cm³/mol. The predicted octanol–water partition coefficient (Wildman–Crippen LogP) is 2.05. The van der Waals surface area contributed by atoms with Gasteiger partial charge in [0, 0.05) is 5.56 Å². The van der Waals surface area contributed by atoms with E-state index in [0.29, 0.717) is 5.56 Å². The van der Waals surface area contributed by atoms with Gasteiger partial charge in [-0.1, -0.05) is 32.9 Å². The maximum atomic E-state index is 9.97. The van der Waals surface area contributed by atoms with Crippen LogP contribution in [0.4, 0.5) is 5.69 Å². The van der Waals surface area contributed by atoms with Crippen molar-refractivity contribution >= 4 is 5.69 Å². The van der Waals surface area contributed by atoms with Crippen molar-refractivity contribution in [2.45, 2.75) is 26.9 Å². The van der Waals surface area contributed by atoms with Crippen molar-refractivity contribution in [1.29, 1.82) is 0 Å². The van der Waals surface area contributed by atoms with Crippen LogP contribution in [0.25, 0.3) is 0 Å². The first-order valence-corrected chi connectivity index (χ1v) is 4.59. The summed E-state index contributed by atoms with van der Waals surface area (Å²) in [7, 11) is 0. The van der Waals surface area contributed by atoms with Crippen molar-refractivity contribution in [3.05, 3.63) is 23.8 Å². The molecule has 0 radical (unpaired) electrons. The van der Waals surface area contributed by atoms with Crippen LogP contribution in [0, 0.1) is 5.41 Å². The van der Waals surface area contributed by atoms with Crippen LogP contribution in [-0.2, 0) is 0 Å². The topological polar surface area (TPSA) is 66.5 Å².